The molecule has 1 saturated heterocycles. The van der Waals surface area contributed by atoms with Gasteiger partial charge in [-0.15, -0.1) is 0 Å². The van der Waals surface area contributed by atoms with Gasteiger partial charge in [-0.05, 0) is 44.4 Å². The van der Waals surface area contributed by atoms with Crippen LogP contribution in [-0.4, -0.2) is 59.5 Å². The maximum Gasteiger partial charge on any atom is 0.323 e. The summed E-state index contributed by atoms with van der Waals surface area (Å²) in [5, 5.41) is 7.80. The van der Waals surface area contributed by atoms with Crippen LogP contribution in [0, 0.1) is 5.41 Å². The summed E-state index contributed by atoms with van der Waals surface area (Å²) in [5.41, 5.74) is 0.654. The number of rotatable bonds is 11. The molecule has 0 spiro atoms. The van der Waals surface area contributed by atoms with E-state index in [4.69, 9.17) is 23.3 Å². The highest BCUT2D eigenvalue weighted by atomic mass is 16.6. The van der Waals surface area contributed by atoms with E-state index in [2.05, 4.69) is 20.2 Å². The van der Waals surface area contributed by atoms with Gasteiger partial charge in [0.1, 0.15) is 12.0 Å². The first-order valence-corrected chi connectivity index (χ1v) is 12.2. The number of hydrogen-bond donors (Lipinski definition) is 0. The number of likely N-dealkylation sites (tertiary alicyclic amines) is 1. The van der Waals surface area contributed by atoms with Crippen LogP contribution in [0.3, 0.4) is 0 Å². The van der Waals surface area contributed by atoms with Crippen LogP contribution < -0.4 is 0 Å². The number of ether oxygens (including phenoxy) is 2. The van der Waals surface area contributed by atoms with Gasteiger partial charge < -0.3 is 23.3 Å². The second-order valence-electron chi connectivity index (χ2n) is 8.54. The summed E-state index contributed by atoms with van der Waals surface area (Å²) in [6.07, 6.45) is 3.63. The fourth-order valence-electron chi connectivity index (χ4n) is 4.12. The normalized spacial score (nSPS) is 15.5. The summed E-state index contributed by atoms with van der Waals surface area (Å²) in [6.45, 7) is 5.96. The minimum Gasteiger partial charge on any atom is -0.466 e. The fraction of sp³-hybridized carbons (Fsp3) is 0.423. The molecular weight excluding hydrogens is 480 g/mol. The molecule has 196 valence electrons. The SMILES string of the molecule is CCOC(=O)C1(C(=O)OCC)CCN(Cc2ccc(-c3noc(/C=N\OCc4ccco4)n3)cc2)CC1. The summed E-state index contributed by atoms with van der Waals surface area (Å²) in [7, 11) is 0. The number of aromatic nitrogens is 2. The van der Waals surface area contributed by atoms with Crippen molar-refractivity contribution >= 4 is 18.2 Å². The van der Waals surface area contributed by atoms with Gasteiger partial charge in [0.2, 0.25) is 5.82 Å². The number of oxime groups is 1. The second kappa shape index (κ2) is 12.3. The van der Waals surface area contributed by atoms with Crippen LogP contribution in [0.25, 0.3) is 11.4 Å². The number of benzene rings is 1. The quantitative estimate of drug-likeness (QED) is 0.163. The maximum atomic E-state index is 12.6. The summed E-state index contributed by atoms with van der Waals surface area (Å²) >= 11 is 0. The molecule has 0 radical (unpaired) electrons. The van der Waals surface area contributed by atoms with Crippen molar-refractivity contribution in [2.45, 2.75) is 39.8 Å². The van der Waals surface area contributed by atoms with Gasteiger partial charge in [-0.3, -0.25) is 14.5 Å². The Labute approximate surface area is 214 Å². The average molecular weight is 511 g/mol. The zero-order chi connectivity index (χ0) is 26.1. The minimum absolute atomic E-state index is 0.204. The Morgan fingerprint density at radius 1 is 1.08 bits per heavy atom. The highest BCUT2D eigenvalue weighted by Gasteiger charge is 2.50. The number of esters is 2. The Bertz CT molecular complexity index is 1160. The monoisotopic (exact) mass is 510 g/mol. The lowest BCUT2D eigenvalue weighted by Crippen LogP contribution is -2.50. The van der Waals surface area contributed by atoms with Gasteiger partial charge in [0.25, 0.3) is 5.89 Å². The topological polar surface area (TPSA) is 129 Å². The molecule has 11 nitrogen and oxygen atoms in total. The van der Waals surface area contributed by atoms with Crippen LogP contribution in [0.15, 0.2) is 56.8 Å². The lowest BCUT2D eigenvalue weighted by molar-refractivity contribution is -0.176. The summed E-state index contributed by atoms with van der Waals surface area (Å²) in [6, 6.07) is 11.4. The number of furan rings is 1. The third kappa shape index (κ3) is 6.42. The number of carbonyl (C=O) groups excluding carboxylic acids is 2. The Morgan fingerprint density at radius 2 is 1.78 bits per heavy atom. The van der Waals surface area contributed by atoms with Crippen molar-refractivity contribution in [3.05, 3.63) is 59.9 Å². The van der Waals surface area contributed by atoms with Gasteiger partial charge in [-0.1, -0.05) is 34.6 Å². The Kier molecular flexibility index (Phi) is 8.68. The second-order valence-corrected chi connectivity index (χ2v) is 8.54. The Morgan fingerprint density at radius 3 is 2.41 bits per heavy atom. The maximum absolute atomic E-state index is 12.6. The number of nitrogens with zero attached hydrogens (tertiary/aromatic N) is 4. The average Bonchev–Trinajstić information content (AvgIpc) is 3.60. The predicted molar refractivity (Wildman–Crippen MR) is 131 cm³/mol. The molecule has 0 bridgehead atoms. The highest BCUT2D eigenvalue weighted by molar-refractivity contribution is 6.00. The molecule has 1 aromatic carbocycles. The Hall–Kier alpha value is -3.99. The zero-order valence-corrected chi connectivity index (χ0v) is 20.9. The van der Waals surface area contributed by atoms with Crippen LogP contribution in [0.4, 0.5) is 0 Å². The first-order valence-electron chi connectivity index (χ1n) is 12.2. The molecule has 1 aliphatic heterocycles. The van der Waals surface area contributed by atoms with E-state index in [1.165, 1.54) is 6.21 Å². The lowest BCUT2D eigenvalue weighted by atomic mass is 9.78. The largest absolute Gasteiger partial charge is 0.466 e. The zero-order valence-electron chi connectivity index (χ0n) is 20.9. The van der Waals surface area contributed by atoms with Crippen LogP contribution in [0.1, 0.15) is 43.9 Å². The smallest absolute Gasteiger partial charge is 0.323 e. The van der Waals surface area contributed by atoms with Gasteiger partial charge in [0.15, 0.2) is 12.0 Å². The molecule has 37 heavy (non-hydrogen) atoms. The summed E-state index contributed by atoms with van der Waals surface area (Å²) < 4.78 is 20.8. The van der Waals surface area contributed by atoms with Gasteiger partial charge in [0, 0.05) is 25.2 Å². The molecule has 0 N–H and O–H groups in total. The first-order chi connectivity index (χ1) is 18.0. The molecule has 1 fully saturated rings. The van der Waals surface area contributed by atoms with Crippen molar-refractivity contribution in [3.8, 4) is 11.4 Å². The van der Waals surface area contributed by atoms with Gasteiger partial charge in [-0.25, -0.2) is 0 Å². The van der Waals surface area contributed by atoms with E-state index < -0.39 is 17.4 Å². The molecule has 0 unspecified atom stereocenters. The summed E-state index contributed by atoms with van der Waals surface area (Å²) in [5.74, 6) is 0.326. The Balaban J connectivity index is 1.30. The van der Waals surface area contributed by atoms with E-state index in [1.54, 1.807) is 32.2 Å². The fourth-order valence-corrected chi connectivity index (χ4v) is 4.12. The van der Waals surface area contributed by atoms with Gasteiger partial charge >= 0.3 is 11.9 Å². The molecule has 0 atom stereocenters. The number of piperidine rings is 1. The van der Waals surface area contributed by atoms with E-state index in [-0.39, 0.29) is 25.7 Å². The van der Waals surface area contributed by atoms with E-state index in [0.29, 0.717) is 44.1 Å². The van der Waals surface area contributed by atoms with Crippen molar-refractivity contribution < 1.29 is 32.8 Å². The first kappa shape index (κ1) is 26.1. The van der Waals surface area contributed by atoms with E-state index in [9.17, 15) is 9.59 Å². The van der Waals surface area contributed by atoms with Crippen LogP contribution in [0.2, 0.25) is 0 Å². The van der Waals surface area contributed by atoms with Crippen molar-refractivity contribution in [1.82, 2.24) is 15.0 Å². The molecular formula is C26H30N4O7. The molecule has 3 heterocycles. The molecule has 0 amide bonds. The molecule has 0 aliphatic carbocycles. The molecule has 3 aromatic rings. The molecule has 0 saturated carbocycles. The third-order valence-corrected chi connectivity index (χ3v) is 6.13. The molecule has 4 rings (SSSR count). The summed E-state index contributed by atoms with van der Waals surface area (Å²) in [4.78, 5) is 36.9. The van der Waals surface area contributed by atoms with E-state index in [1.807, 2.05) is 24.3 Å². The van der Waals surface area contributed by atoms with Crippen molar-refractivity contribution in [3.63, 3.8) is 0 Å². The van der Waals surface area contributed by atoms with Crippen molar-refractivity contribution in [2.24, 2.45) is 10.6 Å². The highest BCUT2D eigenvalue weighted by Crippen LogP contribution is 2.35. The molecule has 2 aromatic heterocycles. The third-order valence-electron chi connectivity index (χ3n) is 6.13. The number of hydrogen-bond acceptors (Lipinski definition) is 11. The van der Waals surface area contributed by atoms with Crippen LogP contribution >= 0.6 is 0 Å². The van der Waals surface area contributed by atoms with Crippen molar-refractivity contribution in [2.75, 3.05) is 26.3 Å². The van der Waals surface area contributed by atoms with Crippen LogP contribution in [0.5, 0.6) is 0 Å². The number of carbonyl (C=O) groups is 2. The van der Waals surface area contributed by atoms with Gasteiger partial charge in [0.05, 0.1) is 19.5 Å². The molecule has 1 aliphatic rings. The van der Waals surface area contributed by atoms with Gasteiger partial charge in [-0.2, -0.15) is 4.98 Å². The van der Waals surface area contributed by atoms with E-state index >= 15 is 0 Å². The minimum atomic E-state index is -1.23. The van der Waals surface area contributed by atoms with Crippen molar-refractivity contribution in [1.29, 1.82) is 0 Å². The van der Waals surface area contributed by atoms with E-state index in [0.717, 1.165) is 11.1 Å². The molecule has 11 heteroatoms. The lowest BCUT2D eigenvalue weighted by Gasteiger charge is -2.38. The van der Waals surface area contributed by atoms with Crippen LogP contribution in [-0.2, 0) is 37.1 Å². The standard InChI is InChI=1S/C26H30N4O7/c1-3-33-24(31)26(25(32)34-4-2)11-13-30(14-12-26)17-19-7-9-20(10-8-19)23-28-22(37-29-23)16-27-36-18-21-6-5-15-35-21/h5-10,15-16H,3-4,11-14,17-18H2,1-2H3/b27-16-. The predicted octanol–water partition coefficient (Wildman–Crippen LogP) is 3.59.